The molecular formula is C17H24. The SMILES string of the molecule is CC1CCC/C=C\CC(C2=CC=CCC=C2)C1. The minimum absolute atomic E-state index is 0.721. The van der Waals surface area contributed by atoms with Crippen LogP contribution in [0.15, 0.2) is 48.1 Å². The van der Waals surface area contributed by atoms with Crippen molar-refractivity contribution in [3.63, 3.8) is 0 Å². The van der Waals surface area contributed by atoms with Gasteiger partial charge in [-0.2, -0.15) is 0 Å². The molecule has 0 amide bonds. The Labute approximate surface area is 106 Å². The van der Waals surface area contributed by atoms with Gasteiger partial charge in [-0.25, -0.2) is 0 Å². The first-order chi connectivity index (χ1) is 8.36. The molecule has 2 aliphatic rings. The number of allylic oxidation sites excluding steroid dienone is 8. The van der Waals surface area contributed by atoms with E-state index in [1.54, 1.807) is 0 Å². The molecule has 0 nitrogen and oxygen atoms in total. The van der Waals surface area contributed by atoms with E-state index in [9.17, 15) is 0 Å². The molecule has 2 atom stereocenters. The molecular weight excluding hydrogens is 204 g/mol. The van der Waals surface area contributed by atoms with Gasteiger partial charge in [0, 0.05) is 0 Å². The standard InChI is InChI=1S/C17H24/c1-15-10-6-2-3-9-13-17(14-15)16-11-7-4-5-8-12-16/h3-4,7-9,11-12,15,17H,2,5-6,10,13-14H2,1H3/b9-3-. The summed E-state index contributed by atoms with van der Waals surface area (Å²) in [6.07, 6.45) is 23.8. The summed E-state index contributed by atoms with van der Waals surface area (Å²) in [5, 5.41) is 0. The van der Waals surface area contributed by atoms with Crippen molar-refractivity contribution in [1.29, 1.82) is 0 Å². The van der Waals surface area contributed by atoms with Crippen LogP contribution in [0.5, 0.6) is 0 Å². The average molecular weight is 228 g/mol. The average Bonchev–Trinajstić information content (AvgIpc) is 2.55. The van der Waals surface area contributed by atoms with Crippen LogP contribution in [0.3, 0.4) is 0 Å². The van der Waals surface area contributed by atoms with Crippen LogP contribution in [-0.2, 0) is 0 Å². The van der Waals surface area contributed by atoms with Gasteiger partial charge in [0.1, 0.15) is 0 Å². The smallest absolute Gasteiger partial charge is 0.0125 e. The van der Waals surface area contributed by atoms with Crippen molar-refractivity contribution >= 4 is 0 Å². The number of hydrogen-bond donors (Lipinski definition) is 0. The Bertz CT molecular complexity index is 341. The maximum absolute atomic E-state index is 2.41. The molecule has 0 heterocycles. The van der Waals surface area contributed by atoms with Crippen LogP contribution in [0.2, 0.25) is 0 Å². The van der Waals surface area contributed by atoms with Gasteiger partial charge in [-0.1, -0.05) is 55.9 Å². The lowest BCUT2D eigenvalue weighted by Crippen LogP contribution is -2.07. The van der Waals surface area contributed by atoms with E-state index >= 15 is 0 Å². The third kappa shape index (κ3) is 4.03. The quantitative estimate of drug-likeness (QED) is 0.541. The maximum Gasteiger partial charge on any atom is -0.0125 e. The van der Waals surface area contributed by atoms with E-state index in [1.165, 1.54) is 37.7 Å². The fourth-order valence-corrected chi connectivity index (χ4v) is 2.80. The van der Waals surface area contributed by atoms with Crippen LogP contribution in [-0.4, -0.2) is 0 Å². The van der Waals surface area contributed by atoms with Gasteiger partial charge >= 0.3 is 0 Å². The molecule has 0 aromatic rings. The largest absolute Gasteiger partial charge is 0.0885 e. The summed E-state index contributed by atoms with van der Waals surface area (Å²) in [5.41, 5.74) is 1.53. The van der Waals surface area contributed by atoms with E-state index in [0.717, 1.165) is 18.3 Å². The highest BCUT2D eigenvalue weighted by Gasteiger charge is 2.16. The monoisotopic (exact) mass is 228 g/mol. The Morgan fingerprint density at radius 2 is 2.06 bits per heavy atom. The Hall–Kier alpha value is -1.04. The summed E-state index contributed by atoms with van der Waals surface area (Å²) in [6.45, 7) is 2.41. The Morgan fingerprint density at radius 1 is 1.12 bits per heavy atom. The van der Waals surface area contributed by atoms with Gasteiger partial charge in [-0.3, -0.25) is 0 Å². The Morgan fingerprint density at radius 3 is 3.00 bits per heavy atom. The summed E-state index contributed by atoms with van der Waals surface area (Å²) >= 11 is 0. The van der Waals surface area contributed by atoms with E-state index in [4.69, 9.17) is 0 Å². The van der Waals surface area contributed by atoms with Gasteiger partial charge in [0.15, 0.2) is 0 Å². The van der Waals surface area contributed by atoms with E-state index in [-0.39, 0.29) is 0 Å². The van der Waals surface area contributed by atoms with Crippen molar-refractivity contribution in [3.8, 4) is 0 Å². The lowest BCUT2D eigenvalue weighted by atomic mass is 9.85. The molecule has 2 aliphatic carbocycles. The summed E-state index contributed by atoms with van der Waals surface area (Å²) in [4.78, 5) is 0. The normalized spacial score (nSPS) is 31.9. The minimum Gasteiger partial charge on any atom is -0.0885 e. The van der Waals surface area contributed by atoms with Crippen molar-refractivity contribution in [2.45, 2.75) is 45.4 Å². The number of rotatable bonds is 1. The van der Waals surface area contributed by atoms with Gasteiger partial charge in [-0.05, 0) is 49.5 Å². The van der Waals surface area contributed by atoms with E-state index in [1.807, 2.05) is 0 Å². The molecule has 17 heavy (non-hydrogen) atoms. The molecule has 0 aromatic carbocycles. The summed E-state index contributed by atoms with van der Waals surface area (Å²) < 4.78 is 0. The van der Waals surface area contributed by atoms with Crippen molar-refractivity contribution in [1.82, 2.24) is 0 Å². The first kappa shape index (κ1) is 12.4. The molecule has 2 unspecified atom stereocenters. The predicted molar refractivity (Wildman–Crippen MR) is 75.9 cm³/mol. The molecule has 0 aliphatic heterocycles. The molecule has 0 fully saturated rings. The van der Waals surface area contributed by atoms with E-state index in [2.05, 4.69) is 49.5 Å². The number of hydrogen-bond acceptors (Lipinski definition) is 0. The third-order valence-electron chi connectivity index (χ3n) is 3.82. The lowest BCUT2D eigenvalue weighted by molar-refractivity contribution is 0.411. The van der Waals surface area contributed by atoms with Gasteiger partial charge in [-0.15, -0.1) is 0 Å². The molecule has 0 saturated carbocycles. The van der Waals surface area contributed by atoms with Crippen LogP contribution in [0.25, 0.3) is 0 Å². The second-order valence-corrected chi connectivity index (χ2v) is 5.41. The maximum atomic E-state index is 2.41. The first-order valence-electron chi connectivity index (χ1n) is 7.04. The predicted octanol–water partition coefficient (Wildman–Crippen LogP) is 5.20. The fraction of sp³-hybridized carbons (Fsp3) is 0.529. The van der Waals surface area contributed by atoms with E-state index in [0.29, 0.717) is 0 Å². The molecule has 2 rings (SSSR count). The van der Waals surface area contributed by atoms with Gasteiger partial charge in [0.25, 0.3) is 0 Å². The van der Waals surface area contributed by atoms with Crippen LogP contribution in [0.4, 0.5) is 0 Å². The summed E-state index contributed by atoms with van der Waals surface area (Å²) in [6, 6.07) is 0. The molecule has 0 bridgehead atoms. The van der Waals surface area contributed by atoms with Crippen molar-refractivity contribution in [3.05, 3.63) is 48.1 Å². The molecule has 0 spiro atoms. The molecule has 0 radical (unpaired) electrons. The topological polar surface area (TPSA) is 0 Å². The highest BCUT2D eigenvalue weighted by molar-refractivity contribution is 5.30. The summed E-state index contributed by atoms with van der Waals surface area (Å²) in [7, 11) is 0. The Balaban J connectivity index is 2.09. The van der Waals surface area contributed by atoms with Crippen LogP contribution < -0.4 is 0 Å². The zero-order chi connectivity index (χ0) is 11.9. The molecule has 0 saturated heterocycles. The van der Waals surface area contributed by atoms with Gasteiger partial charge < -0.3 is 0 Å². The van der Waals surface area contributed by atoms with Crippen LogP contribution in [0, 0.1) is 11.8 Å². The van der Waals surface area contributed by atoms with E-state index < -0.39 is 0 Å². The molecule has 92 valence electrons. The minimum atomic E-state index is 0.721. The highest BCUT2D eigenvalue weighted by Crippen LogP contribution is 2.29. The van der Waals surface area contributed by atoms with Gasteiger partial charge in [0.05, 0.1) is 0 Å². The van der Waals surface area contributed by atoms with Gasteiger partial charge in [0.2, 0.25) is 0 Å². The second kappa shape index (κ2) is 6.64. The third-order valence-corrected chi connectivity index (χ3v) is 3.82. The van der Waals surface area contributed by atoms with Crippen molar-refractivity contribution in [2.24, 2.45) is 11.8 Å². The van der Waals surface area contributed by atoms with Crippen LogP contribution >= 0.6 is 0 Å². The van der Waals surface area contributed by atoms with Crippen molar-refractivity contribution < 1.29 is 0 Å². The zero-order valence-corrected chi connectivity index (χ0v) is 10.9. The van der Waals surface area contributed by atoms with Crippen LogP contribution in [0.1, 0.15) is 45.4 Å². The molecule has 0 heteroatoms. The summed E-state index contributed by atoms with van der Waals surface area (Å²) in [5.74, 6) is 1.58. The first-order valence-corrected chi connectivity index (χ1v) is 7.04. The fourth-order valence-electron chi connectivity index (χ4n) is 2.80. The Kier molecular flexibility index (Phi) is 4.85. The highest BCUT2D eigenvalue weighted by atomic mass is 14.2. The molecule has 0 N–H and O–H groups in total. The second-order valence-electron chi connectivity index (χ2n) is 5.41. The molecule has 0 aromatic heterocycles. The van der Waals surface area contributed by atoms with Crippen molar-refractivity contribution in [2.75, 3.05) is 0 Å². The zero-order valence-electron chi connectivity index (χ0n) is 10.9. The lowest BCUT2D eigenvalue weighted by Gasteiger charge is -2.20.